The molecule has 3 fully saturated rings. The molecule has 6 rings (SSSR count). The number of nitrogens with zero attached hydrogens (tertiary/aromatic N) is 2. The van der Waals surface area contributed by atoms with Crippen LogP contribution in [0.3, 0.4) is 0 Å². The molecule has 5 atom stereocenters. The average Bonchev–Trinajstić information content (AvgIpc) is 3.78. The Kier molecular flexibility index (Phi) is 9.00. The van der Waals surface area contributed by atoms with Crippen molar-refractivity contribution in [1.29, 1.82) is 0 Å². The smallest absolute Gasteiger partial charge is 0.408 e. The van der Waals surface area contributed by atoms with E-state index in [9.17, 15) is 24.7 Å². The highest BCUT2D eigenvalue weighted by molar-refractivity contribution is 5.90. The number of benzene rings is 1. The van der Waals surface area contributed by atoms with E-state index in [1.807, 2.05) is 6.07 Å². The number of hydrogen-bond donors (Lipinski definition) is 2. The molecule has 2 aliphatic heterocycles. The molecule has 0 radical (unpaired) electrons. The van der Waals surface area contributed by atoms with Crippen molar-refractivity contribution in [2.75, 3.05) is 13.7 Å². The van der Waals surface area contributed by atoms with Gasteiger partial charge in [-0.25, -0.2) is 9.59 Å². The van der Waals surface area contributed by atoms with Gasteiger partial charge in [-0.1, -0.05) is 25.7 Å². The number of hydrogen-bond acceptors (Lipinski definition) is 7. The summed E-state index contributed by atoms with van der Waals surface area (Å²) in [7, 11) is 1.56. The molecule has 2 bridgehead atoms. The maximum absolute atomic E-state index is 14.1. The summed E-state index contributed by atoms with van der Waals surface area (Å²) in [5.74, 6) is -0.366. The van der Waals surface area contributed by atoms with Crippen LogP contribution in [-0.4, -0.2) is 65.9 Å². The van der Waals surface area contributed by atoms with Crippen molar-refractivity contribution in [1.82, 2.24) is 10.2 Å². The highest BCUT2D eigenvalue weighted by atomic mass is 16.6. The third-order valence-corrected chi connectivity index (χ3v) is 10.1. The summed E-state index contributed by atoms with van der Waals surface area (Å²) in [5.41, 5.74) is 1.00. The van der Waals surface area contributed by atoms with E-state index in [2.05, 4.69) is 5.32 Å². The lowest BCUT2D eigenvalue weighted by Gasteiger charge is -2.31. The van der Waals surface area contributed by atoms with Gasteiger partial charge in [-0.05, 0) is 68.9 Å². The van der Waals surface area contributed by atoms with Gasteiger partial charge in [0.15, 0.2) is 5.75 Å². The SMILES string of the molecule is COc1ccc2c(c1)cc1c([n+]2[O-])CCCCC[C@H]2CCC[C@@H]2OC(=O)N[C@@H](C2CCCC2)C(=O)N2C[C@@H](C[C@H]2C(=O)O)O1. The van der Waals surface area contributed by atoms with Crippen LogP contribution in [0, 0.1) is 17.0 Å². The fraction of sp³-hybridized carbons (Fsp3) is 0.636. The van der Waals surface area contributed by atoms with Gasteiger partial charge in [0, 0.05) is 25.0 Å². The largest absolute Gasteiger partial charge is 0.618 e. The Labute approximate surface area is 257 Å². The van der Waals surface area contributed by atoms with Crippen molar-refractivity contribution < 1.29 is 38.4 Å². The Balaban J connectivity index is 1.35. The number of carboxylic acid groups (broad SMARTS) is 1. The Morgan fingerprint density at radius 3 is 2.52 bits per heavy atom. The van der Waals surface area contributed by atoms with E-state index in [0.29, 0.717) is 34.5 Å². The standard InChI is InChI=1S/C33H43N3O8/c1-42-23-14-15-25-22(16-23)17-29-26(36(25)41)12-4-2-3-8-20-11-7-13-28(20)44-33(40)34-30(21-9-5-6-10-21)31(37)35-19-24(43-29)18-27(35)32(38)39/h14-17,20-21,24,27-28,30H,2-13,18-19H2,1H3,(H,34,40)(H,38,39)/t20-,24+,27-,28-,30-/m0/s1. The van der Waals surface area contributed by atoms with E-state index in [0.717, 1.165) is 75.4 Å². The molecule has 11 heteroatoms. The predicted molar refractivity (Wildman–Crippen MR) is 160 cm³/mol. The quantitative estimate of drug-likeness (QED) is 0.383. The summed E-state index contributed by atoms with van der Waals surface area (Å²) < 4.78 is 18.6. The zero-order chi connectivity index (χ0) is 30.8. The number of carbonyl (C=O) groups excluding carboxylic acids is 2. The first-order valence-electron chi connectivity index (χ1n) is 16.2. The molecule has 44 heavy (non-hydrogen) atoms. The Morgan fingerprint density at radius 1 is 1.00 bits per heavy atom. The van der Waals surface area contributed by atoms with Gasteiger partial charge in [0.25, 0.3) is 0 Å². The van der Waals surface area contributed by atoms with Crippen molar-refractivity contribution in [3.63, 3.8) is 0 Å². The number of aromatic nitrogens is 1. The first kappa shape index (κ1) is 30.3. The topological polar surface area (TPSA) is 141 Å². The molecule has 0 unspecified atom stereocenters. The van der Waals surface area contributed by atoms with E-state index in [-0.39, 0.29) is 30.9 Å². The number of carbonyl (C=O) groups is 3. The van der Waals surface area contributed by atoms with E-state index in [1.54, 1.807) is 25.3 Å². The van der Waals surface area contributed by atoms with Crippen LogP contribution in [0.4, 0.5) is 4.79 Å². The van der Waals surface area contributed by atoms with E-state index in [1.165, 1.54) is 4.90 Å². The highest BCUT2D eigenvalue weighted by Gasteiger charge is 2.46. The summed E-state index contributed by atoms with van der Waals surface area (Å²) in [4.78, 5) is 41.0. The molecule has 1 aromatic heterocycles. The van der Waals surface area contributed by atoms with Gasteiger partial charge in [-0.3, -0.25) is 4.79 Å². The number of ether oxygens (including phenoxy) is 3. The number of methoxy groups -OCH3 is 1. The Hall–Kier alpha value is -3.76. The van der Waals surface area contributed by atoms with Crippen LogP contribution in [0.1, 0.15) is 82.7 Å². The van der Waals surface area contributed by atoms with Crippen LogP contribution < -0.4 is 19.5 Å². The van der Waals surface area contributed by atoms with Gasteiger partial charge >= 0.3 is 12.1 Å². The number of alkyl carbamates (subject to hydrolysis) is 1. The molecule has 4 aliphatic rings. The lowest BCUT2D eigenvalue weighted by Crippen LogP contribution is -2.55. The number of amides is 2. The van der Waals surface area contributed by atoms with Crippen molar-refractivity contribution in [3.8, 4) is 11.5 Å². The third kappa shape index (κ3) is 6.23. The molecule has 2 amide bonds. The molecule has 1 saturated heterocycles. The van der Waals surface area contributed by atoms with Gasteiger partial charge in [-0.2, -0.15) is 4.73 Å². The summed E-state index contributed by atoms with van der Waals surface area (Å²) >= 11 is 0. The van der Waals surface area contributed by atoms with Gasteiger partial charge in [-0.15, -0.1) is 0 Å². The maximum atomic E-state index is 14.1. The number of carboxylic acids is 1. The number of pyridine rings is 1. The molecular weight excluding hydrogens is 566 g/mol. The molecule has 11 nitrogen and oxygen atoms in total. The predicted octanol–water partition coefficient (Wildman–Crippen LogP) is 4.48. The minimum Gasteiger partial charge on any atom is -0.618 e. The molecule has 3 heterocycles. The van der Waals surface area contributed by atoms with Gasteiger partial charge in [0.2, 0.25) is 17.1 Å². The summed E-state index contributed by atoms with van der Waals surface area (Å²) in [6, 6.07) is 5.11. The van der Waals surface area contributed by atoms with Crippen molar-refractivity contribution in [2.24, 2.45) is 11.8 Å². The van der Waals surface area contributed by atoms with Crippen LogP contribution in [0.25, 0.3) is 10.9 Å². The van der Waals surface area contributed by atoms with E-state index in [4.69, 9.17) is 14.2 Å². The fourth-order valence-electron chi connectivity index (χ4n) is 7.81. The van der Waals surface area contributed by atoms with Crippen LogP contribution in [0.5, 0.6) is 11.5 Å². The first-order valence-corrected chi connectivity index (χ1v) is 16.2. The van der Waals surface area contributed by atoms with E-state index < -0.39 is 36.2 Å². The van der Waals surface area contributed by atoms with Crippen LogP contribution in [0.15, 0.2) is 24.3 Å². The van der Waals surface area contributed by atoms with Crippen molar-refractivity contribution >= 4 is 28.9 Å². The molecule has 1 aromatic carbocycles. The lowest BCUT2D eigenvalue weighted by molar-refractivity contribution is -0.586. The minimum absolute atomic E-state index is 0.0366. The molecule has 2 aliphatic carbocycles. The van der Waals surface area contributed by atoms with Crippen LogP contribution in [-0.2, 0) is 20.7 Å². The second-order valence-electron chi connectivity index (χ2n) is 12.9. The van der Waals surface area contributed by atoms with E-state index >= 15 is 0 Å². The molecule has 2 saturated carbocycles. The monoisotopic (exact) mass is 609 g/mol. The lowest BCUT2D eigenvalue weighted by atomic mass is 9.96. The fourth-order valence-corrected chi connectivity index (χ4v) is 7.81. The van der Waals surface area contributed by atoms with Gasteiger partial charge in [0.05, 0.1) is 19.0 Å². The number of nitrogens with one attached hydrogen (secondary N) is 1. The van der Waals surface area contributed by atoms with Crippen molar-refractivity contribution in [2.45, 2.75) is 108 Å². The molecule has 2 aromatic rings. The molecular formula is C33H43N3O8. The zero-order valence-corrected chi connectivity index (χ0v) is 25.4. The second-order valence-corrected chi connectivity index (χ2v) is 12.9. The maximum Gasteiger partial charge on any atom is 0.408 e. The summed E-state index contributed by atoms with van der Waals surface area (Å²) in [6.07, 6.45) is 8.94. The zero-order valence-electron chi connectivity index (χ0n) is 25.4. The molecule has 238 valence electrons. The summed E-state index contributed by atoms with van der Waals surface area (Å²) in [6.45, 7) is 0.0366. The van der Waals surface area contributed by atoms with Crippen molar-refractivity contribution in [3.05, 3.63) is 35.2 Å². The van der Waals surface area contributed by atoms with Crippen LogP contribution >= 0.6 is 0 Å². The van der Waals surface area contributed by atoms with Crippen LogP contribution in [0.2, 0.25) is 0 Å². The minimum atomic E-state index is -1.13. The molecule has 2 N–H and O–H groups in total. The Bertz CT molecular complexity index is 1390. The number of rotatable bonds is 3. The van der Waals surface area contributed by atoms with Gasteiger partial charge < -0.3 is 34.7 Å². The number of fused-ring (bicyclic) bond motifs is 5. The molecule has 0 spiro atoms. The Morgan fingerprint density at radius 2 is 1.75 bits per heavy atom. The highest BCUT2D eigenvalue weighted by Crippen LogP contribution is 2.35. The second kappa shape index (κ2) is 13.1. The normalized spacial score (nSPS) is 28.8. The average molecular weight is 610 g/mol. The third-order valence-electron chi connectivity index (χ3n) is 10.1. The number of aliphatic carboxylic acids is 1. The summed E-state index contributed by atoms with van der Waals surface area (Å²) in [5, 5.41) is 27.4. The van der Waals surface area contributed by atoms with Gasteiger partial charge in [0.1, 0.15) is 30.0 Å². The first-order chi connectivity index (χ1) is 21.3.